The summed E-state index contributed by atoms with van der Waals surface area (Å²) in [5, 5.41) is 9.53. The lowest BCUT2D eigenvalue weighted by molar-refractivity contribution is -0.376. The van der Waals surface area contributed by atoms with Gasteiger partial charge in [0.25, 0.3) is 5.60 Å². The Labute approximate surface area is 198 Å². The van der Waals surface area contributed by atoms with Crippen molar-refractivity contribution in [2.45, 2.75) is 24.5 Å². The molecule has 4 rings (SSSR count). The van der Waals surface area contributed by atoms with Crippen LogP contribution in [0.4, 0.5) is 32.0 Å². The predicted molar refractivity (Wildman–Crippen MR) is 120 cm³/mol. The zero-order chi connectivity index (χ0) is 25.3. The molecule has 0 bridgehead atoms. The van der Waals surface area contributed by atoms with Gasteiger partial charge in [0.05, 0.1) is 0 Å². The highest BCUT2D eigenvalue weighted by Gasteiger charge is 2.71. The average Bonchev–Trinajstić information content (AvgIpc) is 2.84. The fraction of sp³-hybridized carbons (Fsp3) is 0.320. The number of aromatic nitrogens is 1. The number of aliphatic hydroxyl groups is 1. The third kappa shape index (κ3) is 5.13. The van der Waals surface area contributed by atoms with Gasteiger partial charge < -0.3 is 10.0 Å². The number of nitrogens with zero attached hydrogens (tertiary/aromatic N) is 3. The summed E-state index contributed by atoms with van der Waals surface area (Å²) in [4.78, 5) is 8.65. The minimum atomic E-state index is -5.90. The second-order valence-electron chi connectivity index (χ2n) is 8.45. The summed E-state index contributed by atoms with van der Waals surface area (Å²) < 4.78 is 78.5. The van der Waals surface area contributed by atoms with E-state index in [0.29, 0.717) is 23.3 Å². The largest absolute Gasteiger partial charge is 0.430 e. The van der Waals surface area contributed by atoms with Crippen molar-refractivity contribution >= 4 is 5.69 Å². The van der Waals surface area contributed by atoms with Crippen LogP contribution in [0.25, 0.3) is 11.1 Å². The van der Waals surface area contributed by atoms with E-state index in [1.807, 2.05) is 24.3 Å². The second-order valence-corrected chi connectivity index (χ2v) is 8.45. The summed E-state index contributed by atoms with van der Waals surface area (Å²) in [5.74, 6) is 0. The van der Waals surface area contributed by atoms with E-state index in [1.165, 1.54) is 0 Å². The fourth-order valence-corrected chi connectivity index (χ4v) is 4.17. The third-order valence-electron chi connectivity index (χ3n) is 6.22. The van der Waals surface area contributed by atoms with Crippen molar-refractivity contribution in [1.29, 1.82) is 0 Å². The van der Waals surface area contributed by atoms with Crippen molar-refractivity contribution in [3.8, 4) is 11.1 Å². The number of benzene rings is 2. The standard InChI is InChI=1S/C25H23F6N3O/c26-24(27,28)23(35,25(29,30)31)21-7-5-20(6-8-21)19-3-1-18(2-4-19)17-33-13-15-34(16-14-33)22-9-11-32-12-10-22/h1-12,35H,13-17H2. The van der Waals surface area contributed by atoms with Crippen LogP contribution >= 0.6 is 0 Å². The molecule has 1 aliphatic heterocycles. The van der Waals surface area contributed by atoms with Crippen molar-refractivity contribution in [1.82, 2.24) is 9.88 Å². The Hall–Kier alpha value is -3.11. The first-order chi connectivity index (χ1) is 16.5. The minimum absolute atomic E-state index is 0.443. The van der Waals surface area contributed by atoms with Gasteiger partial charge in [-0.1, -0.05) is 48.5 Å². The van der Waals surface area contributed by atoms with Crippen LogP contribution in [0.3, 0.4) is 0 Å². The van der Waals surface area contributed by atoms with E-state index in [4.69, 9.17) is 0 Å². The molecule has 1 saturated heterocycles. The lowest BCUT2D eigenvalue weighted by Crippen LogP contribution is -2.53. The molecule has 1 N–H and O–H groups in total. The van der Waals surface area contributed by atoms with Gasteiger partial charge in [0.2, 0.25) is 0 Å². The van der Waals surface area contributed by atoms with E-state index < -0.39 is 23.5 Å². The zero-order valence-electron chi connectivity index (χ0n) is 18.5. The molecule has 2 aromatic carbocycles. The zero-order valence-corrected chi connectivity index (χ0v) is 18.5. The van der Waals surface area contributed by atoms with Crippen LogP contribution in [0, 0.1) is 0 Å². The Morgan fingerprint density at radius 1 is 0.686 bits per heavy atom. The number of hydrogen-bond donors (Lipinski definition) is 1. The van der Waals surface area contributed by atoms with E-state index in [0.717, 1.165) is 56.1 Å². The first-order valence-corrected chi connectivity index (χ1v) is 10.9. The number of piperazine rings is 1. The molecular weight excluding hydrogens is 472 g/mol. The van der Waals surface area contributed by atoms with Gasteiger partial charge in [-0.05, 0) is 28.8 Å². The molecule has 0 aliphatic carbocycles. The quantitative estimate of drug-likeness (QED) is 0.483. The maximum Gasteiger partial charge on any atom is 0.430 e. The van der Waals surface area contributed by atoms with Crippen LogP contribution in [-0.4, -0.2) is 53.5 Å². The molecule has 186 valence electrons. The first-order valence-electron chi connectivity index (χ1n) is 10.9. The van der Waals surface area contributed by atoms with E-state index >= 15 is 0 Å². The van der Waals surface area contributed by atoms with Crippen molar-refractivity contribution in [2.24, 2.45) is 0 Å². The number of rotatable bonds is 5. The molecule has 2 heterocycles. The molecule has 0 amide bonds. The van der Waals surface area contributed by atoms with Gasteiger partial charge in [0, 0.05) is 56.4 Å². The molecule has 0 saturated carbocycles. The summed E-state index contributed by atoms with van der Waals surface area (Å²) in [6.07, 6.45) is -8.27. The molecule has 0 atom stereocenters. The van der Waals surface area contributed by atoms with Crippen LogP contribution in [0.15, 0.2) is 73.1 Å². The molecule has 4 nitrogen and oxygen atoms in total. The monoisotopic (exact) mass is 495 g/mol. The smallest absolute Gasteiger partial charge is 0.369 e. The molecular formula is C25H23F6N3O. The molecule has 1 aromatic heterocycles. The molecule has 1 fully saturated rings. The Morgan fingerprint density at radius 2 is 1.17 bits per heavy atom. The topological polar surface area (TPSA) is 39.6 Å². The highest BCUT2D eigenvalue weighted by atomic mass is 19.4. The molecule has 0 radical (unpaired) electrons. The van der Waals surface area contributed by atoms with E-state index in [9.17, 15) is 31.4 Å². The summed E-state index contributed by atoms with van der Waals surface area (Å²) in [5.41, 5.74) is -2.93. The maximum absolute atomic E-state index is 13.1. The van der Waals surface area contributed by atoms with Crippen LogP contribution in [0.5, 0.6) is 0 Å². The highest BCUT2D eigenvalue weighted by Crippen LogP contribution is 2.50. The average molecular weight is 495 g/mol. The normalized spacial score (nSPS) is 15.9. The van der Waals surface area contributed by atoms with Gasteiger partial charge in [-0.25, -0.2) is 0 Å². The Balaban J connectivity index is 1.40. The van der Waals surface area contributed by atoms with Gasteiger partial charge in [0.1, 0.15) is 0 Å². The molecule has 0 spiro atoms. The van der Waals surface area contributed by atoms with Crippen molar-refractivity contribution < 1.29 is 31.4 Å². The minimum Gasteiger partial charge on any atom is -0.369 e. The van der Waals surface area contributed by atoms with Crippen molar-refractivity contribution in [3.05, 3.63) is 84.2 Å². The van der Waals surface area contributed by atoms with Crippen LogP contribution < -0.4 is 4.90 Å². The van der Waals surface area contributed by atoms with Gasteiger partial charge in [0.15, 0.2) is 0 Å². The van der Waals surface area contributed by atoms with Crippen LogP contribution in [-0.2, 0) is 12.1 Å². The molecule has 0 unspecified atom stereocenters. The van der Waals surface area contributed by atoms with Crippen LogP contribution in [0.2, 0.25) is 0 Å². The Bertz CT molecular complexity index is 1090. The highest BCUT2D eigenvalue weighted by molar-refractivity contribution is 5.64. The molecule has 1 aliphatic rings. The lowest BCUT2D eigenvalue weighted by Gasteiger charge is -2.36. The summed E-state index contributed by atoms with van der Waals surface area (Å²) in [6.45, 7) is 4.26. The van der Waals surface area contributed by atoms with E-state index in [-0.39, 0.29) is 0 Å². The molecule has 3 aromatic rings. The van der Waals surface area contributed by atoms with Crippen LogP contribution in [0.1, 0.15) is 11.1 Å². The van der Waals surface area contributed by atoms with E-state index in [2.05, 4.69) is 14.8 Å². The number of alkyl halides is 6. The van der Waals surface area contributed by atoms with E-state index in [1.54, 1.807) is 24.5 Å². The fourth-order valence-electron chi connectivity index (χ4n) is 4.17. The third-order valence-corrected chi connectivity index (χ3v) is 6.22. The Kier molecular flexibility index (Phi) is 6.79. The van der Waals surface area contributed by atoms with Crippen molar-refractivity contribution in [3.63, 3.8) is 0 Å². The summed E-state index contributed by atoms with van der Waals surface area (Å²) in [6, 6.07) is 14.9. The SMILES string of the molecule is OC(c1ccc(-c2ccc(CN3CCN(c4ccncc4)CC3)cc2)cc1)(C(F)(F)F)C(F)(F)F. The van der Waals surface area contributed by atoms with Gasteiger partial charge in [-0.15, -0.1) is 0 Å². The molecule has 35 heavy (non-hydrogen) atoms. The number of halogens is 6. The maximum atomic E-state index is 13.1. The second kappa shape index (κ2) is 9.50. The van der Waals surface area contributed by atoms with Gasteiger partial charge in [-0.2, -0.15) is 26.3 Å². The predicted octanol–water partition coefficient (Wildman–Crippen LogP) is 5.38. The number of anilines is 1. The molecule has 10 heteroatoms. The van der Waals surface area contributed by atoms with Gasteiger partial charge >= 0.3 is 12.4 Å². The lowest BCUT2D eigenvalue weighted by atomic mass is 9.90. The summed E-state index contributed by atoms with van der Waals surface area (Å²) >= 11 is 0. The van der Waals surface area contributed by atoms with Crippen molar-refractivity contribution in [2.75, 3.05) is 31.1 Å². The first kappa shape index (κ1) is 25.0. The number of pyridine rings is 1. The number of hydrogen-bond acceptors (Lipinski definition) is 4. The van der Waals surface area contributed by atoms with Gasteiger partial charge in [-0.3, -0.25) is 9.88 Å². The Morgan fingerprint density at radius 3 is 1.66 bits per heavy atom. The summed E-state index contributed by atoms with van der Waals surface area (Å²) in [7, 11) is 0.